The van der Waals surface area contributed by atoms with Crippen LogP contribution in [0.25, 0.3) is 0 Å². The summed E-state index contributed by atoms with van der Waals surface area (Å²) in [5, 5.41) is 16.2. The SMILES string of the molecule is CN=C(NCc1cccc(OCC(=O)N(C)C)c1)NCC(CO)c1ccccc1. The van der Waals surface area contributed by atoms with Gasteiger partial charge in [0.25, 0.3) is 5.91 Å². The van der Waals surface area contributed by atoms with Crippen LogP contribution >= 0.6 is 0 Å². The van der Waals surface area contributed by atoms with Crippen LogP contribution in [0.1, 0.15) is 17.0 Å². The molecule has 0 heterocycles. The third-order valence-electron chi connectivity index (χ3n) is 4.45. The molecule has 29 heavy (non-hydrogen) atoms. The van der Waals surface area contributed by atoms with Gasteiger partial charge in [-0.05, 0) is 23.3 Å². The molecule has 2 rings (SSSR count). The van der Waals surface area contributed by atoms with Crippen molar-refractivity contribution in [2.75, 3.05) is 40.9 Å². The summed E-state index contributed by atoms with van der Waals surface area (Å²) < 4.78 is 5.55. The number of guanidine groups is 1. The zero-order valence-electron chi connectivity index (χ0n) is 17.3. The van der Waals surface area contributed by atoms with Crippen molar-refractivity contribution in [2.24, 2.45) is 4.99 Å². The number of aliphatic imine (C=N–C) groups is 1. The highest BCUT2D eigenvalue weighted by Gasteiger charge is 2.11. The van der Waals surface area contributed by atoms with E-state index in [1.54, 1.807) is 21.1 Å². The number of likely N-dealkylation sites (N-methyl/N-ethyl adjacent to an activating group) is 1. The van der Waals surface area contributed by atoms with Gasteiger partial charge in [0.2, 0.25) is 0 Å². The van der Waals surface area contributed by atoms with E-state index in [0.717, 1.165) is 11.1 Å². The highest BCUT2D eigenvalue weighted by Crippen LogP contribution is 2.14. The molecule has 0 aliphatic carbocycles. The number of aliphatic hydroxyl groups excluding tert-OH is 1. The highest BCUT2D eigenvalue weighted by atomic mass is 16.5. The van der Waals surface area contributed by atoms with E-state index in [2.05, 4.69) is 15.6 Å². The van der Waals surface area contributed by atoms with Crippen molar-refractivity contribution >= 4 is 11.9 Å². The number of hydrogen-bond donors (Lipinski definition) is 3. The zero-order chi connectivity index (χ0) is 21.1. The molecule has 3 N–H and O–H groups in total. The predicted octanol–water partition coefficient (Wildman–Crippen LogP) is 1.59. The maximum atomic E-state index is 11.7. The monoisotopic (exact) mass is 398 g/mol. The molecule has 1 atom stereocenters. The summed E-state index contributed by atoms with van der Waals surface area (Å²) in [5.41, 5.74) is 2.08. The fraction of sp³-hybridized carbons (Fsp3) is 0.364. The smallest absolute Gasteiger partial charge is 0.259 e. The first kappa shape index (κ1) is 22.2. The van der Waals surface area contributed by atoms with E-state index in [1.807, 2.05) is 54.6 Å². The fourth-order valence-corrected chi connectivity index (χ4v) is 2.66. The summed E-state index contributed by atoms with van der Waals surface area (Å²) in [5.74, 6) is 1.19. The molecule has 0 spiro atoms. The third kappa shape index (κ3) is 7.46. The molecule has 0 aliphatic rings. The van der Waals surface area contributed by atoms with Crippen LogP contribution in [0.5, 0.6) is 5.75 Å². The minimum absolute atomic E-state index is 0.00907. The lowest BCUT2D eigenvalue weighted by atomic mass is 10.0. The van der Waals surface area contributed by atoms with Gasteiger partial charge in [0.05, 0.1) is 6.61 Å². The topological polar surface area (TPSA) is 86.2 Å². The molecule has 2 aromatic rings. The Morgan fingerprint density at radius 2 is 1.90 bits per heavy atom. The number of nitrogens with one attached hydrogen (secondary N) is 2. The molecule has 0 aromatic heterocycles. The number of hydrogen-bond acceptors (Lipinski definition) is 4. The first-order valence-corrected chi connectivity index (χ1v) is 9.55. The molecule has 0 aliphatic heterocycles. The second-order valence-electron chi connectivity index (χ2n) is 6.82. The first-order valence-electron chi connectivity index (χ1n) is 9.55. The summed E-state index contributed by atoms with van der Waals surface area (Å²) in [7, 11) is 5.10. The van der Waals surface area contributed by atoms with Crippen LogP contribution < -0.4 is 15.4 Å². The third-order valence-corrected chi connectivity index (χ3v) is 4.45. The Morgan fingerprint density at radius 3 is 2.55 bits per heavy atom. The van der Waals surface area contributed by atoms with E-state index in [9.17, 15) is 9.90 Å². The Morgan fingerprint density at radius 1 is 1.14 bits per heavy atom. The molecule has 2 aromatic carbocycles. The van der Waals surface area contributed by atoms with Gasteiger partial charge >= 0.3 is 0 Å². The van der Waals surface area contributed by atoms with Gasteiger partial charge in [0, 0.05) is 40.2 Å². The minimum atomic E-state index is -0.0880. The Bertz CT molecular complexity index is 794. The quantitative estimate of drug-likeness (QED) is 0.441. The molecule has 0 saturated carbocycles. The summed E-state index contributed by atoms with van der Waals surface area (Å²) in [6, 6.07) is 17.5. The van der Waals surface area contributed by atoms with Gasteiger partial charge in [0.1, 0.15) is 5.75 Å². The van der Waals surface area contributed by atoms with Crippen LogP contribution in [0.4, 0.5) is 0 Å². The van der Waals surface area contributed by atoms with Gasteiger partial charge < -0.3 is 25.4 Å². The second kappa shape index (κ2) is 11.7. The Hall–Kier alpha value is -3.06. The molecule has 0 bridgehead atoms. The largest absolute Gasteiger partial charge is 0.484 e. The molecule has 1 amide bonds. The second-order valence-corrected chi connectivity index (χ2v) is 6.82. The van der Waals surface area contributed by atoms with E-state index >= 15 is 0 Å². The maximum absolute atomic E-state index is 11.7. The van der Waals surface area contributed by atoms with E-state index < -0.39 is 0 Å². The number of amides is 1. The van der Waals surface area contributed by atoms with Crippen molar-refractivity contribution in [3.63, 3.8) is 0 Å². The van der Waals surface area contributed by atoms with E-state index in [-0.39, 0.29) is 25.0 Å². The number of aliphatic hydroxyl groups is 1. The van der Waals surface area contributed by atoms with Crippen molar-refractivity contribution in [3.8, 4) is 5.75 Å². The average molecular weight is 399 g/mol. The molecule has 0 radical (unpaired) electrons. The number of benzene rings is 2. The summed E-state index contributed by atoms with van der Waals surface area (Å²) in [6.45, 7) is 1.18. The molecule has 1 unspecified atom stereocenters. The molecule has 7 nitrogen and oxygen atoms in total. The molecule has 156 valence electrons. The van der Waals surface area contributed by atoms with Gasteiger partial charge in [-0.2, -0.15) is 0 Å². The van der Waals surface area contributed by atoms with E-state index in [4.69, 9.17) is 4.74 Å². The number of carbonyl (C=O) groups excluding carboxylic acids is 1. The van der Waals surface area contributed by atoms with Gasteiger partial charge in [-0.3, -0.25) is 9.79 Å². The van der Waals surface area contributed by atoms with Crippen LogP contribution in [0.15, 0.2) is 59.6 Å². The van der Waals surface area contributed by atoms with Crippen LogP contribution in [-0.2, 0) is 11.3 Å². The standard InChI is InChI=1S/C22H30N4O3/c1-23-22(25-14-19(15-27)18-9-5-4-6-10-18)24-13-17-8-7-11-20(12-17)29-16-21(28)26(2)3/h4-12,19,27H,13-16H2,1-3H3,(H2,23,24,25). The first-order chi connectivity index (χ1) is 14.0. The van der Waals surface area contributed by atoms with Crippen LogP contribution in [0, 0.1) is 0 Å². The number of ether oxygens (including phenoxy) is 1. The van der Waals surface area contributed by atoms with Crippen LogP contribution in [-0.4, -0.2) is 62.8 Å². The number of nitrogens with zero attached hydrogens (tertiary/aromatic N) is 2. The van der Waals surface area contributed by atoms with Crippen molar-refractivity contribution in [1.29, 1.82) is 0 Å². The fourth-order valence-electron chi connectivity index (χ4n) is 2.66. The Kier molecular flexibility index (Phi) is 8.98. The Balaban J connectivity index is 1.86. The van der Waals surface area contributed by atoms with Crippen molar-refractivity contribution in [3.05, 3.63) is 65.7 Å². The lowest BCUT2D eigenvalue weighted by Crippen LogP contribution is -2.39. The van der Waals surface area contributed by atoms with Crippen LogP contribution in [0.2, 0.25) is 0 Å². The van der Waals surface area contributed by atoms with Gasteiger partial charge in [-0.1, -0.05) is 42.5 Å². The number of rotatable bonds is 9. The number of carbonyl (C=O) groups is 1. The average Bonchev–Trinajstić information content (AvgIpc) is 2.75. The van der Waals surface area contributed by atoms with E-state index in [1.165, 1.54) is 4.90 Å². The van der Waals surface area contributed by atoms with Crippen LogP contribution in [0.3, 0.4) is 0 Å². The lowest BCUT2D eigenvalue weighted by Gasteiger charge is -2.18. The highest BCUT2D eigenvalue weighted by molar-refractivity contribution is 5.79. The summed E-state index contributed by atoms with van der Waals surface area (Å²) in [6.07, 6.45) is 0. The van der Waals surface area contributed by atoms with Crippen molar-refractivity contribution < 1.29 is 14.6 Å². The molecule has 7 heteroatoms. The normalized spacial score (nSPS) is 12.2. The molecule has 0 saturated heterocycles. The zero-order valence-corrected chi connectivity index (χ0v) is 17.3. The van der Waals surface area contributed by atoms with E-state index in [0.29, 0.717) is 24.8 Å². The van der Waals surface area contributed by atoms with Gasteiger partial charge in [-0.25, -0.2) is 0 Å². The molecular formula is C22H30N4O3. The lowest BCUT2D eigenvalue weighted by molar-refractivity contribution is -0.130. The summed E-state index contributed by atoms with van der Waals surface area (Å²) >= 11 is 0. The maximum Gasteiger partial charge on any atom is 0.259 e. The predicted molar refractivity (Wildman–Crippen MR) is 115 cm³/mol. The van der Waals surface area contributed by atoms with Crippen molar-refractivity contribution in [1.82, 2.24) is 15.5 Å². The molecule has 0 fully saturated rings. The van der Waals surface area contributed by atoms with Crippen molar-refractivity contribution in [2.45, 2.75) is 12.5 Å². The van der Waals surface area contributed by atoms with Gasteiger partial charge in [0.15, 0.2) is 12.6 Å². The Labute approximate surface area is 172 Å². The molecular weight excluding hydrogens is 368 g/mol. The minimum Gasteiger partial charge on any atom is -0.484 e. The van der Waals surface area contributed by atoms with Gasteiger partial charge in [-0.15, -0.1) is 0 Å². The summed E-state index contributed by atoms with van der Waals surface area (Å²) in [4.78, 5) is 17.4.